The summed E-state index contributed by atoms with van der Waals surface area (Å²) in [6.07, 6.45) is 0. The second-order valence-electron chi connectivity index (χ2n) is 5.06. The van der Waals surface area contributed by atoms with E-state index in [9.17, 15) is 5.21 Å². The van der Waals surface area contributed by atoms with Gasteiger partial charge in [0.25, 0.3) is 0 Å². The first-order valence-electron chi connectivity index (χ1n) is 6.99. The van der Waals surface area contributed by atoms with Crippen molar-refractivity contribution in [3.8, 4) is 11.4 Å². The van der Waals surface area contributed by atoms with Gasteiger partial charge in [0, 0.05) is 17.7 Å². The number of hydrogen-bond donors (Lipinski definition) is 3. The minimum Gasteiger partial charge on any atom is -0.595 e. The highest BCUT2D eigenvalue weighted by atomic mass is 32.2. The summed E-state index contributed by atoms with van der Waals surface area (Å²) < 4.78 is 1.85. The van der Waals surface area contributed by atoms with Crippen LogP contribution in [0.4, 0.5) is 5.69 Å². The van der Waals surface area contributed by atoms with Gasteiger partial charge in [-0.1, -0.05) is 42.1 Å². The lowest BCUT2D eigenvalue weighted by molar-refractivity contribution is -0.991. The molecule has 7 nitrogen and oxygen atoms in total. The van der Waals surface area contributed by atoms with Gasteiger partial charge in [-0.05, 0) is 17.7 Å². The first-order valence-corrected chi connectivity index (χ1v) is 7.87. The molecule has 2 atom stereocenters. The second-order valence-corrected chi connectivity index (χ2v) is 6.13. The minimum atomic E-state index is -0.944. The van der Waals surface area contributed by atoms with Crippen molar-refractivity contribution in [2.45, 2.75) is 10.5 Å². The Morgan fingerprint density at radius 2 is 1.83 bits per heavy atom. The van der Waals surface area contributed by atoms with E-state index >= 15 is 0 Å². The SMILES string of the molecule is [O-][NH+](O)c1ccc(-c2nnc3n2N[C@H](c2ccccc2)S3)cc1. The third kappa shape index (κ3) is 2.57. The molecule has 1 aliphatic rings. The van der Waals surface area contributed by atoms with Gasteiger partial charge in [0.05, 0.1) is 0 Å². The first-order chi connectivity index (χ1) is 11.2. The van der Waals surface area contributed by atoms with E-state index in [2.05, 4.69) is 27.8 Å². The van der Waals surface area contributed by atoms with Gasteiger partial charge in [0.1, 0.15) is 5.37 Å². The fourth-order valence-corrected chi connectivity index (χ4v) is 3.43. The number of aromatic nitrogens is 3. The van der Waals surface area contributed by atoms with E-state index < -0.39 is 5.23 Å². The van der Waals surface area contributed by atoms with Gasteiger partial charge in [-0.25, -0.2) is 9.88 Å². The van der Waals surface area contributed by atoms with Crippen LogP contribution in [0.15, 0.2) is 59.8 Å². The van der Waals surface area contributed by atoms with Crippen molar-refractivity contribution < 1.29 is 10.4 Å². The molecule has 1 aliphatic heterocycles. The lowest BCUT2D eigenvalue weighted by Crippen LogP contribution is -2.99. The van der Waals surface area contributed by atoms with E-state index in [-0.39, 0.29) is 11.1 Å². The summed E-state index contributed by atoms with van der Waals surface area (Å²) in [5, 5.41) is 28.2. The third-order valence-electron chi connectivity index (χ3n) is 3.60. The largest absolute Gasteiger partial charge is 0.595 e. The Labute approximate surface area is 136 Å². The molecule has 4 rings (SSSR count). The van der Waals surface area contributed by atoms with Crippen LogP contribution in [0.5, 0.6) is 0 Å². The molecule has 2 heterocycles. The van der Waals surface area contributed by atoms with Crippen LogP contribution in [-0.4, -0.2) is 20.1 Å². The van der Waals surface area contributed by atoms with Crippen molar-refractivity contribution in [1.29, 1.82) is 0 Å². The van der Waals surface area contributed by atoms with Gasteiger partial charge in [-0.15, -0.1) is 10.2 Å². The molecule has 3 aromatic rings. The van der Waals surface area contributed by atoms with Crippen LogP contribution in [-0.2, 0) is 0 Å². The maximum Gasteiger partial charge on any atom is 0.212 e. The normalized spacial score (nSPS) is 17.6. The molecule has 1 aromatic heterocycles. The van der Waals surface area contributed by atoms with Crippen molar-refractivity contribution >= 4 is 17.4 Å². The summed E-state index contributed by atoms with van der Waals surface area (Å²) in [5.41, 5.74) is 5.60. The van der Waals surface area contributed by atoms with E-state index in [0.717, 1.165) is 16.3 Å². The van der Waals surface area contributed by atoms with Crippen molar-refractivity contribution in [2.75, 3.05) is 5.43 Å². The topological polar surface area (TPSA) is 90.5 Å². The number of hydrogen-bond acceptors (Lipinski definition) is 6. The van der Waals surface area contributed by atoms with E-state index in [1.165, 1.54) is 0 Å². The molecule has 0 amide bonds. The van der Waals surface area contributed by atoms with Crippen LogP contribution in [0.1, 0.15) is 10.9 Å². The number of benzene rings is 2. The molecule has 8 heteroatoms. The van der Waals surface area contributed by atoms with E-state index in [0.29, 0.717) is 5.82 Å². The van der Waals surface area contributed by atoms with Gasteiger partial charge in [-0.3, -0.25) is 0 Å². The Balaban J connectivity index is 1.63. The average Bonchev–Trinajstić information content (AvgIpc) is 3.16. The molecule has 3 N–H and O–H groups in total. The molecule has 0 spiro atoms. The minimum absolute atomic E-state index is 0.0822. The third-order valence-corrected chi connectivity index (χ3v) is 4.68. The van der Waals surface area contributed by atoms with Crippen molar-refractivity contribution in [3.63, 3.8) is 0 Å². The van der Waals surface area contributed by atoms with Crippen LogP contribution >= 0.6 is 11.8 Å². The molecule has 0 saturated heterocycles. The standard InChI is InChI=1S/C15H13N5O2S/c21-20(22)12-8-6-10(7-9-12)13-16-17-15-19(13)18-14(23-15)11-4-2-1-3-5-11/h1-9,14,18,20-21H/t14-/m0/s1. The summed E-state index contributed by atoms with van der Waals surface area (Å²) in [7, 11) is 0. The molecule has 0 bridgehead atoms. The van der Waals surface area contributed by atoms with Crippen molar-refractivity contribution in [2.24, 2.45) is 0 Å². The zero-order valence-corrected chi connectivity index (χ0v) is 12.7. The van der Waals surface area contributed by atoms with Crippen LogP contribution in [0.3, 0.4) is 0 Å². The highest BCUT2D eigenvalue weighted by Gasteiger charge is 2.27. The van der Waals surface area contributed by atoms with E-state index in [4.69, 9.17) is 5.21 Å². The quantitative estimate of drug-likeness (QED) is 0.634. The summed E-state index contributed by atoms with van der Waals surface area (Å²) in [5.74, 6) is 0.669. The maximum atomic E-state index is 10.9. The number of nitrogens with one attached hydrogen (secondary N) is 2. The monoisotopic (exact) mass is 327 g/mol. The molecular weight excluding hydrogens is 314 g/mol. The fourth-order valence-electron chi connectivity index (χ4n) is 2.43. The van der Waals surface area contributed by atoms with Crippen LogP contribution in [0.2, 0.25) is 0 Å². The molecule has 23 heavy (non-hydrogen) atoms. The van der Waals surface area contributed by atoms with E-state index in [1.807, 2.05) is 22.9 Å². The van der Waals surface area contributed by atoms with Crippen molar-refractivity contribution in [3.05, 3.63) is 65.4 Å². The van der Waals surface area contributed by atoms with Crippen LogP contribution in [0.25, 0.3) is 11.4 Å². The smallest absolute Gasteiger partial charge is 0.212 e. The molecule has 116 valence electrons. The number of rotatable bonds is 3. The maximum absolute atomic E-state index is 10.9. The average molecular weight is 327 g/mol. The first kappa shape index (κ1) is 14.2. The number of fused-ring (bicyclic) bond motifs is 1. The summed E-state index contributed by atoms with van der Waals surface area (Å²) >= 11 is 1.60. The molecule has 2 aromatic carbocycles. The molecule has 0 radical (unpaired) electrons. The molecular formula is C15H13N5O2S. The Morgan fingerprint density at radius 3 is 2.52 bits per heavy atom. The second kappa shape index (κ2) is 5.67. The lowest BCUT2D eigenvalue weighted by atomic mass is 10.2. The molecule has 1 unspecified atom stereocenters. The van der Waals surface area contributed by atoms with E-state index in [1.54, 1.807) is 36.0 Å². The Kier molecular flexibility index (Phi) is 3.50. The number of thioether (sulfide) groups is 1. The zero-order valence-electron chi connectivity index (χ0n) is 11.9. The zero-order chi connectivity index (χ0) is 15.8. The molecule has 0 saturated carbocycles. The summed E-state index contributed by atoms with van der Waals surface area (Å²) in [6, 6.07) is 16.7. The van der Waals surface area contributed by atoms with Crippen LogP contribution in [0, 0.1) is 5.21 Å². The Morgan fingerprint density at radius 1 is 1.09 bits per heavy atom. The van der Waals surface area contributed by atoms with Gasteiger partial charge in [0.2, 0.25) is 5.16 Å². The predicted octanol–water partition coefficient (Wildman–Crippen LogP) is 1.70. The van der Waals surface area contributed by atoms with Crippen molar-refractivity contribution in [1.82, 2.24) is 14.9 Å². The van der Waals surface area contributed by atoms with Gasteiger partial charge < -0.3 is 10.6 Å². The summed E-state index contributed by atoms with van der Waals surface area (Å²) in [6.45, 7) is 0. The van der Waals surface area contributed by atoms with Gasteiger partial charge >= 0.3 is 0 Å². The highest BCUT2D eigenvalue weighted by Crippen LogP contribution is 2.39. The van der Waals surface area contributed by atoms with Crippen LogP contribution < -0.4 is 10.7 Å². The fraction of sp³-hybridized carbons (Fsp3) is 0.0667. The summed E-state index contributed by atoms with van der Waals surface area (Å²) in [4.78, 5) is 0. The van der Waals surface area contributed by atoms with Gasteiger partial charge in [0.15, 0.2) is 11.5 Å². The lowest BCUT2D eigenvalue weighted by Gasteiger charge is -2.13. The molecule has 0 fully saturated rings. The highest BCUT2D eigenvalue weighted by molar-refractivity contribution is 7.99. The number of quaternary nitrogens is 1. The predicted molar refractivity (Wildman–Crippen MR) is 85.6 cm³/mol. The Hall–Kier alpha value is -2.39. The molecule has 0 aliphatic carbocycles. The van der Waals surface area contributed by atoms with Gasteiger partial charge in [-0.2, -0.15) is 5.23 Å². The number of nitrogens with zero attached hydrogens (tertiary/aromatic N) is 3. The Bertz CT molecular complexity index is 820.